The maximum absolute atomic E-state index is 9.16. The van der Waals surface area contributed by atoms with E-state index in [-0.39, 0.29) is 6.10 Å². The molecular weight excluding hydrogens is 176 g/mol. The standard InChI is InChI=1S/C11H22N2O/c1-8-3-10(7-13(8)2)12-6-9-4-11(14)5-9/h8-12,14H,3-7H2,1-2H3. The van der Waals surface area contributed by atoms with Crippen LogP contribution in [0.5, 0.6) is 0 Å². The van der Waals surface area contributed by atoms with Crippen molar-refractivity contribution in [3.8, 4) is 0 Å². The number of nitrogens with one attached hydrogen (secondary N) is 1. The summed E-state index contributed by atoms with van der Waals surface area (Å²) in [5.41, 5.74) is 0. The zero-order chi connectivity index (χ0) is 10.1. The van der Waals surface area contributed by atoms with Gasteiger partial charge >= 0.3 is 0 Å². The van der Waals surface area contributed by atoms with E-state index in [1.54, 1.807) is 0 Å². The molecule has 2 rings (SSSR count). The van der Waals surface area contributed by atoms with Crippen LogP contribution >= 0.6 is 0 Å². The fraction of sp³-hybridized carbons (Fsp3) is 1.00. The fourth-order valence-corrected chi connectivity index (χ4v) is 2.54. The van der Waals surface area contributed by atoms with Crippen LogP contribution in [0.2, 0.25) is 0 Å². The van der Waals surface area contributed by atoms with Crippen molar-refractivity contribution in [2.75, 3.05) is 20.1 Å². The van der Waals surface area contributed by atoms with E-state index >= 15 is 0 Å². The zero-order valence-corrected chi connectivity index (χ0v) is 9.24. The van der Waals surface area contributed by atoms with Crippen LogP contribution in [0.3, 0.4) is 0 Å². The van der Waals surface area contributed by atoms with Gasteiger partial charge in [-0.25, -0.2) is 0 Å². The van der Waals surface area contributed by atoms with Crippen LogP contribution in [0.4, 0.5) is 0 Å². The molecule has 0 spiro atoms. The van der Waals surface area contributed by atoms with Crippen molar-refractivity contribution in [3.63, 3.8) is 0 Å². The summed E-state index contributed by atoms with van der Waals surface area (Å²) in [6, 6.07) is 1.40. The lowest BCUT2D eigenvalue weighted by Gasteiger charge is -2.32. The molecule has 1 heterocycles. The Hall–Kier alpha value is -0.120. The van der Waals surface area contributed by atoms with E-state index in [9.17, 15) is 0 Å². The fourth-order valence-electron chi connectivity index (χ4n) is 2.54. The Kier molecular flexibility index (Phi) is 3.10. The molecule has 1 aliphatic carbocycles. The van der Waals surface area contributed by atoms with E-state index in [1.807, 2.05) is 0 Å². The van der Waals surface area contributed by atoms with Gasteiger partial charge in [-0.3, -0.25) is 0 Å². The molecule has 2 atom stereocenters. The number of hydrogen-bond acceptors (Lipinski definition) is 3. The topological polar surface area (TPSA) is 35.5 Å². The molecule has 1 saturated heterocycles. The Bertz CT molecular complexity index is 182. The van der Waals surface area contributed by atoms with Gasteiger partial charge in [-0.15, -0.1) is 0 Å². The van der Waals surface area contributed by atoms with E-state index in [4.69, 9.17) is 5.11 Å². The van der Waals surface area contributed by atoms with Gasteiger partial charge in [0.05, 0.1) is 6.10 Å². The molecule has 1 aliphatic heterocycles. The van der Waals surface area contributed by atoms with Crippen molar-refractivity contribution in [1.29, 1.82) is 0 Å². The number of likely N-dealkylation sites (N-methyl/N-ethyl adjacent to an activating group) is 1. The lowest BCUT2D eigenvalue weighted by atomic mass is 9.82. The molecule has 3 heteroatoms. The highest BCUT2D eigenvalue weighted by molar-refractivity contribution is 4.87. The van der Waals surface area contributed by atoms with E-state index < -0.39 is 0 Å². The molecule has 2 fully saturated rings. The second kappa shape index (κ2) is 4.17. The van der Waals surface area contributed by atoms with Gasteiger partial charge in [0.15, 0.2) is 0 Å². The second-order valence-electron chi connectivity index (χ2n) is 5.12. The first kappa shape index (κ1) is 10.4. The normalized spacial score (nSPS) is 43.9. The molecular formula is C11H22N2O. The summed E-state index contributed by atoms with van der Waals surface area (Å²) in [4.78, 5) is 2.41. The van der Waals surface area contributed by atoms with Gasteiger partial charge in [0, 0.05) is 18.6 Å². The Labute approximate surface area is 86.5 Å². The van der Waals surface area contributed by atoms with E-state index in [2.05, 4.69) is 24.2 Å². The first-order valence-electron chi connectivity index (χ1n) is 5.77. The Balaban J connectivity index is 1.62. The average molecular weight is 198 g/mol. The van der Waals surface area contributed by atoms with Gasteiger partial charge in [0.2, 0.25) is 0 Å². The summed E-state index contributed by atoms with van der Waals surface area (Å²) in [5, 5.41) is 12.8. The second-order valence-corrected chi connectivity index (χ2v) is 5.12. The Morgan fingerprint density at radius 1 is 1.36 bits per heavy atom. The van der Waals surface area contributed by atoms with E-state index in [0.717, 1.165) is 31.3 Å². The van der Waals surface area contributed by atoms with Crippen LogP contribution in [0.1, 0.15) is 26.2 Å². The number of aliphatic hydroxyl groups is 1. The average Bonchev–Trinajstić information content (AvgIpc) is 2.39. The third kappa shape index (κ3) is 2.27. The molecule has 14 heavy (non-hydrogen) atoms. The number of likely N-dealkylation sites (tertiary alicyclic amines) is 1. The van der Waals surface area contributed by atoms with Crippen LogP contribution < -0.4 is 5.32 Å². The van der Waals surface area contributed by atoms with Crippen LogP contribution in [0.15, 0.2) is 0 Å². The van der Waals surface area contributed by atoms with Crippen molar-refractivity contribution in [2.45, 2.75) is 44.4 Å². The van der Waals surface area contributed by atoms with Crippen molar-refractivity contribution in [1.82, 2.24) is 10.2 Å². The van der Waals surface area contributed by atoms with Crippen LogP contribution in [-0.4, -0.2) is 48.3 Å². The third-order valence-electron chi connectivity index (χ3n) is 3.79. The third-order valence-corrected chi connectivity index (χ3v) is 3.79. The number of nitrogens with zero attached hydrogens (tertiary/aromatic N) is 1. The first-order valence-corrected chi connectivity index (χ1v) is 5.77. The molecule has 82 valence electrons. The van der Waals surface area contributed by atoms with Crippen LogP contribution in [0, 0.1) is 5.92 Å². The molecule has 1 saturated carbocycles. The highest BCUT2D eigenvalue weighted by atomic mass is 16.3. The summed E-state index contributed by atoms with van der Waals surface area (Å²) in [6.07, 6.45) is 3.27. The number of aliphatic hydroxyl groups excluding tert-OH is 1. The van der Waals surface area contributed by atoms with Gasteiger partial charge in [0.25, 0.3) is 0 Å². The van der Waals surface area contributed by atoms with Crippen molar-refractivity contribution >= 4 is 0 Å². The summed E-state index contributed by atoms with van der Waals surface area (Å²) in [7, 11) is 2.19. The number of hydrogen-bond donors (Lipinski definition) is 2. The summed E-state index contributed by atoms with van der Waals surface area (Å²) in [6.45, 7) is 4.56. The zero-order valence-electron chi connectivity index (χ0n) is 9.24. The predicted octanol–water partition coefficient (Wildman–Crippen LogP) is 0.440. The maximum atomic E-state index is 9.16. The molecule has 3 nitrogen and oxygen atoms in total. The van der Waals surface area contributed by atoms with Gasteiger partial charge in [-0.2, -0.15) is 0 Å². The van der Waals surface area contributed by atoms with Gasteiger partial charge in [-0.1, -0.05) is 0 Å². The van der Waals surface area contributed by atoms with E-state index in [0.29, 0.717) is 6.04 Å². The molecule has 2 N–H and O–H groups in total. The minimum absolute atomic E-state index is 0.00743. The van der Waals surface area contributed by atoms with Crippen LogP contribution in [0.25, 0.3) is 0 Å². The quantitative estimate of drug-likeness (QED) is 0.691. The minimum atomic E-state index is -0.00743. The van der Waals surface area contributed by atoms with E-state index in [1.165, 1.54) is 13.0 Å². The highest BCUT2D eigenvalue weighted by Crippen LogP contribution is 2.26. The predicted molar refractivity (Wildman–Crippen MR) is 57.2 cm³/mol. The summed E-state index contributed by atoms with van der Waals surface area (Å²) < 4.78 is 0. The Morgan fingerprint density at radius 2 is 2.07 bits per heavy atom. The van der Waals surface area contributed by atoms with Gasteiger partial charge in [0.1, 0.15) is 0 Å². The lowest BCUT2D eigenvalue weighted by Crippen LogP contribution is -2.41. The smallest absolute Gasteiger partial charge is 0.0546 e. The van der Waals surface area contributed by atoms with Crippen LogP contribution in [-0.2, 0) is 0 Å². The first-order chi connectivity index (χ1) is 6.65. The molecule has 0 bridgehead atoms. The minimum Gasteiger partial charge on any atom is -0.393 e. The highest BCUT2D eigenvalue weighted by Gasteiger charge is 2.30. The maximum Gasteiger partial charge on any atom is 0.0546 e. The SMILES string of the molecule is CC1CC(NCC2CC(O)C2)CN1C. The molecule has 2 unspecified atom stereocenters. The molecule has 0 aromatic carbocycles. The van der Waals surface area contributed by atoms with Gasteiger partial charge in [-0.05, 0) is 45.7 Å². The van der Waals surface area contributed by atoms with Crippen molar-refractivity contribution in [2.24, 2.45) is 5.92 Å². The lowest BCUT2D eigenvalue weighted by molar-refractivity contribution is 0.0420. The molecule has 0 radical (unpaired) electrons. The molecule has 0 aromatic heterocycles. The Morgan fingerprint density at radius 3 is 2.57 bits per heavy atom. The molecule has 0 aromatic rings. The number of rotatable bonds is 3. The van der Waals surface area contributed by atoms with Gasteiger partial charge < -0.3 is 15.3 Å². The van der Waals surface area contributed by atoms with Crippen molar-refractivity contribution < 1.29 is 5.11 Å². The summed E-state index contributed by atoms with van der Waals surface area (Å²) >= 11 is 0. The monoisotopic (exact) mass is 198 g/mol. The molecule has 0 amide bonds. The van der Waals surface area contributed by atoms with Crippen molar-refractivity contribution in [3.05, 3.63) is 0 Å². The molecule has 2 aliphatic rings. The summed E-state index contributed by atoms with van der Waals surface area (Å²) in [5.74, 6) is 0.728. The largest absolute Gasteiger partial charge is 0.393 e.